The first-order valence-corrected chi connectivity index (χ1v) is 23.3. The molecule has 1 radical (unpaired) electrons. The number of imidazole rings is 1. The van der Waals surface area contributed by atoms with Crippen LogP contribution in [-0.2, 0) is 20.1 Å². The SMILES string of the molecule is C[Si](C)(C)c1ccc(-c2[c-]cccc2)nc1.[2H]C([2H])([2H])c1ccc(-c2ccc3oc4c(-c5nc6ccccc6n5-c5cccc6ccccc56)[c-]ccc4c3c2)c2ccccc12.[Ir]. The first kappa shape index (κ1) is 35.5. The summed E-state index contributed by atoms with van der Waals surface area (Å²) in [6.07, 6.45) is 2.02. The quantitative estimate of drug-likeness (QED) is 0.127. The Morgan fingerprint density at radius 1 is 0.650 bits per heavy atom. The largest absolute Gasteiger partial charge is 0.501 e. The molecule has 11 aromatic rings. The van der Waals surface area contributed by atoms with E-state index in [1.165, 1.54) is 5.19 Å². The van der Waals surface area contributed by atoms with Crippen molar-refractivity contribution >= 4 is 67.8 Å². The Bertz CT molecular complexity index is 3440. The van der Waals surface area contributed by atoms with Crippen LogP contribution in [0, 0.1) is 19.0 Å². The summed E-state index contributed by atoms with van der Waals surface area (Å²) in [6.45, 7) is 4.80. The molecule has 4 nitrogen and oxygen atoms in total. The van der Waals surface area contributed by atoms with Gasteiger partial charge < -0.3 is 14.0 Å². The summed E-state index contributed by atoms with van der Waals surface area (Å²) < 4.78 is 33.0. The number of fused-ring (bicyclic) bond motifs is 6. The van der Waals surface area contributed by atoms with Crippen LogP contribution in [0.15, 0.2) is 180 Å². The molecule has 0 aliphatic heterocycles. The first-order valence-electron chi connectivity index (χ1n) is 21.3. The third-order valence-corrected chi connectivity index (χ3v) is 13.1. The molecule has 60 heavy (non-hydrogen) atoms. The van der Waals surface area contributed by atoms with Gasteiger partial charge in [-0.05, 0) is 80.9 Å². The standard InChI is InChI=1S/C40H25N2O.C14H16NSi.Ir/c1-25-20-22-29(31-14-5-4-12-28(25)31)27-21-23-38-34(24-27)32-15-9-16-33(39(32)43-38)40-41-35-17-6-7-18-37(35)42(40)36-19-8-11-26-10-2-3-13-30(26)36;1-16(2,3)13-9-10-14(15-11-13)12-7-5-4-6-8-12;/h2-15,17-24H,1H3;4-7,9-11H,1-3H3;/q2*-1;/i1D3;;. The first-order chi connectivity index (χ1) is 30.0. The van der Waals surface area contributed by atoms with Crippen molar-refractivity contribution in [1.29, 1.82) is 0 Å². The molecule has 6 heteroatoms. The summed E-state index contributed by atoms with van der Waals surface area (Å²) in [5.74, 6) is 0.758. The van der Waals surface area contributed by atoms with Crippen LogP contribution >= 0.6 is 0 Å². The minimum Gasteiger partial charge on any atom is -0.501 e. The van der Waals surface area contributed by atoms with Gasteiger partial charge in [-0.25, -0.2) is 0 Å². The van der Waals surface area contributed by atoms with Crippen LogP contribution in [-0.4, -0.2) is 22.6 Å². The molecular formula is C54H41IrN3OSi-2. The molecule has 3 heterocycles. The minimum atomic E-state index is -2.20. The van der Waals surface area contributed by atoms with Crippen LogP contribution < -0.4 is 5.19 Å². The van der Waals surface area contributed by atoms with Crippen molar-refractivity contribution in [3.63, 3.8) is 0 Å². The number of nitrogens with zero attached hydrogens (tertiary/aromatic N) is 3. The maximum atomic E-state index is 8.05. The second-order valence-corrected chi connectivity index (χ2v) is 20.9. The molecule has 0 aliphatic carbocycles. The van der Waals surface area contributed by atoms with Gasteiger partial charge in [0.05, 0.1) is 30.5 Å². The van der Waals surface area contributed by atoms with Crippen LogP contribution in [0.1, 0.15) is 9.68 Å². The topological polar surface area (TPSA) is 43.9 Å². The van der Waals surface area contributed by atoms with E-state index < -0.39 is 14.9 Å². The predicted molar refractivity (Wildman–Crippen MR) is 249 cm³/mol. The van der Waals surface area contributed by atoms with Gasteiger partial charge in [-0.15, -0.1) is 54.1 Å². The second kappa shape index (κ2) is 16.0. The molecule has 8 aromatic carbocycles. The number of rotatable bonds is 5. The van der Waals surface area contributed by atoms with Crippen LogP contribution in [0.5, 0.6) is 0 Å². The third kappa shape index (κ3) is 7.07. The molecule has 0 atom stereocenters. The van der Waals surface area contributed by atoms with E-state index in [0.29, 0.717) is 11.1 Å². The Morgan fingerprint density at radius 3 is 2.23 bits per heavy atom. The van der Waals surface area contributed by atoms with Crippen LogP contribution in [0.25, 0.3) is 94.0 Å². The molecule has 0 unspecified atom stereocenters. The van der Waals surface area contributed by atoms with Crippen molar-refractivity contribution in [2.24, 2.45) is 0 Å². The van der Waals surface area contributed by atoms with Crippen LogP contribution in [0.4, 0.5) is 0 Å². The maximum absolute atomic E-state index is 8.05. The summed E-state index contributed by atoms with van der Waals surface area (Å²) in [6, 6.07) is 63.3. The van der Waals surface area contributed by atoms with E-state index in [0.717, 1.165) is 88.4 Å². The van der Waals surface area contributed by atoms with Gasteiger partial charge in [0.2, 0.25) is 0 Å². The van der Waals surface area contributed by atoms with Gasteiger partial charge in [-0.3, -0.25) is 4.98 Å². The molecule has 0 spiro atoms. The van der Waals surface area contributed by atoms with E-state index in [9.17, 15) is 0 Å². The molecule has 0 saturated heterocycles. The fourth-order valence-electron chi connectivity index (χ4n) is 8.02. The Hall–Kier alpha value is -6.43. The fraction of sp³-hybridized carbons (Fsp3) is 0.0741. The number of pyridine rings is 1. The second-order valence-electron chi connectivity index (χ2n) is 15.8. The molecule has 0 fully saturated rings. The fourth-order valence-corrected chi connectivity index (χ4v) is 9.05. The van der Waals surface area contributed by atoms with Crippen molar-refractivity contribution in [3.05, 3.63) is 194 Å². The zero-order valence-corrected chi connectivity index (χ0v) is 36.7. The van der Waals surface area contributed by atoms with Crippen molar-refractivity contribution in [2.45, 2.75) is 26.5 Å². The van der Waals surface area contributed by atoms with E-state index in [2.05, 4.69) is 108 Å². The van der Waals surface area contributed by atoms with E-state index >= 15 is 0 Å². The molecule has 0 saturated carbocycles. The van der Waals surface area contributed by atoms with E-state index in [-0.39, 0.29) is 20.1 Å². The Morgan fingerprint density at radius 2 is 1.43 bits per heavy atom. The number of hydrogen-bond acceptors (Lipinski definition) is 3. The van der Waals surface area contributed by atoms with Gasteiger partial charge >= 0.3 is 0 Å². The molecule has 0 aliphatic rings. The molecule has 293 valence electrons. The van der Waals surface area contributed by atoms with Crippen molar-refractivity contribution in [3.8, 4) is 39.5 Å². The molecule has 11 rings (SSSR count). The number of furan rings is 1. The smallest absolute Gasteiger partial charge is 0.120 e. The Labute approximate surface area is 368 Å². The van der Waals surface area contributed by atoms with Gasteiger partial charge in [0.25, 0.3) is 0 Å². The Balaban J connectivity index is 0.000000251. The number of para-hydroxylation sites is 2. The van der Waals surface area contributed by atoms with Crippen molar-refractivity contribution in [1.82, 2.24) is 14.5 Å². The predicted octanol–water partition coefficient (Wildman–Crippen LogP) is 13.8. The molecule has 0 bridgehead atoms. The molecular weight excluding hydrogens is 927 g/mol. The monoisotopic (exact) mass is 971 g/mol. The zero-order valence-electron chi connectivity index (χ0n) is 36.3. The van der Waals surface area contributed by atoms with Gasteiger partial charge in [0.15, 0.2) is 0 Å². The third-order valence-electron chi connectivity index (χ3n) is 11.1. The normalized spacial score (nSPS) is 12.5. The number of benzene rings is 8. The van der Waals surface area contributed by atoms with Crippen molar-refractivity contribution < 1.29 is 28.6 Å². The Kier molecular flexibility index (Phi) is 9.45. The van der Waals surface area contributed by atoms with Crippen LogP contribution in [0.3, 0.4) is 0 Å². The van der Waals surface area contributed by atoms with Crippen LogP contribution in [0.2, 0.25) is 19.6 Å². The number of aryl methyl sites for hydroxylation is 1. The average molecular weight is 971 g/mol. The zero-order chi connectivity index (χ0) is 42.6. The summed E-state index contributed by atoms with van der Waals surface area (Å²) in [5.41, 5.74) is 9.57. The average Bonchev–Trinajstić information content (AvgIpc) is 3.87. The molecule has 0 N–H and O–H groups in total. The van der Waals surface area contributed by atoms with E-state index in [1.54, 1.807) is 6.07 Å². The van der Waals surface area contributed by atoms with Gasteiger partial charge in [-0.2, -0.15) is 0 Å². The summed E-state index contributed by atoms with van der Waals surface area (Å²) in [5, 5.41) is 7.26. The molecule has 0 amide bonds. The van der Waals surface area contributed by atoms with Gasteiger partial charge in [-0.1, -0.05) is 134 Å². The minimum absolute atomic E-state index is 0. The van der Waals surface area contributed by atoms with E-state index in [4.69, 9.17) is 13.5 Å². The summed E-state index contributed by atoms with van der Waals surface area (Å²) >= 11 is 0. The van der Waals surface area contributed by atoms with Gasteiger partial charge in [0.1, 0.15) is 5.58 Å². The number of aromatic nitrogens is 3. The summed E-state index contributed by atoms with van der Waals surface area (Å²) in [4.78, 5) is 9.66. The summed E-state index contributed by atoms with van der Waals surface area (Å²) in [7, 11) is -1.23. The van der Waals surface area contributed by atoms with Gasteiger partial charge in [0, 0.05) is 46.9 Å². The number of hydrogen-bond donors (Lipinski definition) is 0. The van der Waals surface area contributed by atoms with E-state index in [1.807, 2.05) is 103 Å². The maximum Gasteiger partial charge on any atom is 0.120 e. The molecule has 3 aromatic heterocycles. The van der Waals surface area contributed by atoms with Crippen molar-refractivity contribution in [2.75, 3.05) is 0 Å².